The summed E-state index contributed by atoms with van der Waals surface area (Å²) in [7, 11) is -6.08. The third-order valence-electron chi connectivity index (χ3n) is 4.07. The largest absolute Gasteiger partial charge is 0.314 e. The molecule has 0 amide bonds. The maximum Gasteiger partial charge on any atom is 0.211 e. The zero-order valence-corrected chi connectivity index (χ0v) is 14.8. The van der Waals surface area contributed by atoms with Crippen molar-refractivity contribution >= 4 is 19.9 Å². The molecule has 21 heavy (non-hydrogen) atoms. The first kappa shape index (κ1) is 18.9. The Morgan fingerprint density at radius 3 is 2.33 bits per heavy atom. The van der Waals surface area contributed by atoms with E-state index in [0.29, 0.717) is 26.1 Å². The van der Waals surface area contributed by atoms with Crippen molar-refractivity contribution in [3.8, 4) is 0 Å². The zero-order chi connectivity index (χ0) is 16.1. The fourth-order valence-electron chi connectivity index (χ4n) is 2.84. The van der Waals surface area contributed by atoms with Crippen LogP contribution in [0.3, 0.4) is 0 Å². The minimum Gasteiger partial charge on any atom is -0.314 e. The van der Waals surface area contributed by atoms with Crippen LogP contribution in [0.25, 0.3) is 0 Å². The van der Waals surface area contributed by atoms with Crippen molar-refractivity contribution in [1.29, 1.82) is 0 Å². The Kier molecular flexibility index (Phi) is 7.09. The fraction of sp³-hybridized carbons (Fsp3) is 1.00. The van der Waals surface area contributed by atoms with Gasteiger partial charge in [0.05, 0.1) is 11.5 Å². The molecule has 1 fully saturated rings. The number of rotatable bonds is 8. The van der Waals surface area contributed by atoms with Crippen LogP contribution in [-0.2, 0) is 19.9 Å². The summed E-state index contributed by atoms with van der Waals surface area (Å²) in [5, 5.41) is 3.14. The van der Waals surface area contributed by atoms with Gasteiger partial charge < -0.3 is 5.32 Å². The van der Waals surface area contributed by atoms with E-state index in [2.05, 4.69) is 5.32 Å². The summed E-state index contributed by atoms with van der Waals surface area (Å²) < 4.78 is 47.6. The van der Waals surface area contributed by atoms with Crippen molar-refractivity contribution in [3.63, 3.8) is 0 Å². The minimum absolute atomic E-state index is 0.229. The van der Waals surface area contributed by atoms with E-state index in [1.807, 2.05) is 6.92 Å². The SMILES string of the molecule is CCN(CCCNC1CCCC(S(C)(=O)=O)C1)S(C)(=O)=O. The Labute approximate surface area is 129 Å². The average molecular weight is 341 g/mol. The first-order chi connectivity index (χ1) is 9.64. The van der Waals surface area contributed by atoms with Gasteiger partial charge in [-0.25, -0.2) is 21.1 Å². The molecule has 0 aromatic carbocycles. The van der Waals surface area contributed by atoms with E-state index < -0.39 is 19.9 Å². The van der Waals surface area contributed by atoms with E-state index >= 15 is 0 Å². The van der Waals surface area contributed by atoms with Crippen molar-refractivity contribution in [2.75, 3.05) is 32.1 Å². The van der Waals surface area contributed by atoms with E-state index in [-0.39, 0.29) is 11.3 Å². The molecular formula is C13H28N2O4S2. The summed E-state index contributed by atoms with van der Waals surface area (Å²) >= 11 is 0. The fourth-order valence-corrected chi connectivity index (χ4v) is 4.95. The molecule has 126 valence electrons. The number of hydrogen-bond donors (Lipinski definition) is 1. The Morgan fingerprint density at radius 2 is 1.81 bits per heavy atom. The summed E-state index contributed by atoms with van der Waals surface area (Å²) in [6.07, 6.45) is 6.63. The molecule has 0 spiro atoms. The van der Waals surface area contributed by atoms with Gasteiger partial charge in [-0.3, -0.25) is 0 Å². The molecule has 0 aliphatic heterocycles. The second kappa shape index (κ2) is 7.89. The van der Waals surface area contributed by atoms with Crippen LogP contribution in [0.2, 0.25) is 0 Å². The molecule has 0 aromatic rings. The third-order valence-corrected chi connectivity index (χ3v) is 7.09. The van der Waals surface area contributed by atoms with E-state index in [0.717, 1.165) is 25.7 Å². The lowest BCUT2D eigenvalue weighted by molar-refractivity contribution is 0.358. The first-order valence-electron chi connectivity index (χ1n) is 7.52. The molecule has 2 unspecified atom stereocenters. The van der Waals surface area contributed by atoms with E-state index in [1.54, 1.807) is 0 Å². The molecule has 1 aliphatic rings. The van der Waals surface area contributed by atoms with Crippen molar-refractivity contribution in [3.05, 3.63) is 0 Å². The topological polar surface area (TPSA) is 83.6 Å². The highest BCUT2D eigenvalue weighted by Gasteiger charge is 2.28. The number of nitrogens with one attached hydrogen (secondary N) is 1. The number of nitrogens with zero attached hydrogens (tertiary/aromatic N) is 1. The molecule has 1 saturated carbocycles. The zero-order valence-electron chi connectivity index (χ0n) is 13.2. The second-order valence-corrected chi connectivity index (χ2v) is 10.2. The van der Waals surface area contributed by atoms with E-state index in [1.165, 1.54) is 16.8 Å². The minimum atomic E-state index is -3.12. The van der Waals surface area contributed by atoms with Crippen molar-refractivity contribution < 1.29 is 16.8 Å². The Morgan fingerprint density at radius 1 is 1.14 bits per heavy atom. The van der Waals surface area contributed by atoms with Gasteiger partial charge in [-0.2, -0.15) is 0 Å². The molecule has 0 saturated heterocycles. The summed E-state index contributed by atoms with van der Waals surface area (Å²) in [5.74, 6) is 0. The molecule has 0 aromatic heterocycles. The van der Waals surface area contributed by atoms with Crippen LogP contribution in [0.5, 0.6) is 0 Å². The molecule has 0 heterocycles. The van der Waals surface area contributed by atoms with E-state index in [9.17, 15) is 16.8 Å². The maximum absolute atomic E-state index is 11.6. The molecule has 6 nitrogen and oxygen atoms in total. The molecule has 1 rings (SSSR count). The van der Waals surface area contributed by atoms with Gasteiger partial charge in [0.2, 0.25) is 10.0 Å². The Balaban J connectivity index is 2.33. The van der Waals surface area contributed by atoms with Gasteiger partial charge in [-0.1, -0.05) is 13.3 Å². The lowest BCUT2D eigenvalue weighted by Gasteiger charge is -2.29. The number of sulfonamides is 1. The van der Waals surface area contributed by atoms with Gasteiger partial charge in [-0.05, 0) is 32.2 Å². The van der Waals surface area contributed by atoms with Crippen molar-refractivity contribution in [2.24, 2.45) is 0 Å². The third kappa shape index (κ3) is 6.63. The van der Waals surface area contributed by atoms with Gasteiger partial charge in [0.1, 0.15) is 9.84 Å². The molecule has 0 radical (unpaired) electrons. The highest BCUT2D eigenvalue weighted by atomic mass is 32.2. The molecule has 8 heteroatoms. The average Bonchev–Trinajstić information content (AvgIpc) is 2.36. The van der Waals surface area contributed by atoms with Crippen LogP contribution in [0.4, 0.5) is 0 Å². The molecular weight excluding hydrogens is 312 g/mol. The highest BCUT2D eigenvalue weighted by molar-refractivity contribution is 7.91. The predicted molar refractivity (Wildman–Crippen MR) is 85.6 cm³/mol. The standard InChI is InChI=1S/C13H28N2O4S2/c1-4-15(21(3,18)19)10-6-9-14-12-7-5-8-13(11-12)20(2,16)17/h12-14H,4-11H2,1-3H3. The van der Waals surface area contributed by atoms with Crippen LogP contribution in [0, 0.1) is 0 Å². The van der Waals surface area contributed by atoms with E-state index in [4.69, 9.17) is 0 Å². The van der Waals surface area contributed by atoms with Gasteiger partial charge >= 0.3 is 0 Å². The number of hydrogen-bond acceptors (Lipinski definition) is 5. The quantitative estimate of drug-likeness (QED) is 0.654. The normalized spacial score (nSPS) is 24.4. The predicted octanol–water partition coefficient (Wildman–Crippen LogP) is 0.603. The van der Waals surface area contributed by atoms with Crippen LogP contribution in [-0.4, -0.2) is 64.6 Å². The first-order valence-corrected chi connectivity index (χ1v) is 11.3. The van der Waals surface area contributed by atoms with Crippen LogP contribution in [0.1, 0.15) is 39.0 Å². The Hall–Kier alpha value is -0.180. The molecule has 1 aliphatic carbocycles. The van der Waals surface area contributed by atoms with Crippen LogP contribution in [0.15, 0.2) is 0 Å². The van der Waals surface area contributed by atoms with Crippen molar-refractivity contribution in [2.45, 2.75) is 50.3 Å². The highest BCUT2D eigenvalue weighted by Crippen LogP contribution is 2.23. The summed E-state index contributed by atoms with van der Waals surface area (Å²) in [6, 6.07) is 0.229. The number of sulfone groups is 1. The summed E-state index contributed by atoms with van der Waals surface area (Å²) in [4.78, 5) is 0. The lowest BCUT2D eigenvalue weighted by Crippen LogP contribution is -2.40. The van der Waals surface area contributed by atoms with Crippen LogP contribution >= 0.6 is 0 Å². The summed E-state index contributed by atoms with van der Waals surface area (Å²) in [6.45, 7) is 3.53. The van der Waals surface area contributed by atoms with Crippen molar-refractivity contribution in [1.82, 2.24) is 9.62 Å². The molecule has 0 bridgehead atoms. The Bertz CT molecular complexity index is 516. The van der Waals surface area contributed by atoms with Gasteiger partial charge in [0.25, 0.3) is 0 Å². The monoisotopic (exact) mass is 340 g/mol. The lowest BCUT2D eigenvalue weighted by atomic mass is 9.95. The maximum atomic E-state index is 11.6. The van der Waals surface area contributed by atoms with Gasteiger partial charge in [-0.15, -0.1) is 0 Å². The van der Waals surface area contributed by atoms with Crippen LogP contribution < -0.4 is 5.32 Å². The smallest absolute Gasteiger partial charge is 0.211 e. The van der Waals surface area contributed by atoms with Gasteiger partial charge in [0, 0.05) is 25.4 Å². The summed E-state index contributed by atoms with van der Waals surface area (Å²) in [5.41, 5.74) is 0. The van der Waals surface area contributed by atoms with Gasteiger partial charge in [0.15, 0.2) is 0 Å². The molecule has 1 N–H and O–H groups in total. The second-order valence-electron chi connectivity index (χ2n) is 5.88. The molecule has 2 atom stereocenters.